The minimum atomic E-state index is -0.104. The number of methoxy groups -OCH3 is 1. The smallest absolute Gasteiger partial charge is 0.192 e. The van der Waals surface area contributed by atoms with Crippen LogP contribution in [0.15, 0.2) is 46.7 Å². The molecule has 4 nitrogen and oxygen atoms in total. The van der Waals surface area contributed by atoms with E-state index in [2.05, 4.69) is 9.97 Å². The largest absolute Gasteiger partial charge is 0.496 e. The van der Waals surface area contributed by atoms with Gasteiger partial charge in [-0.3, -0.25) is 0 Å². The Hall–Kier alpha value is -1.59. The Balaban J connectivity index is 2.38. The number of hydrogen-bond acceptors (Lipinski definition) is 5. The summed E-state index contributed by atoms with van der Waals surface area (Å²) in [6.45, 7) is 1.94. The molecule has 2 N–H and O–H groups in total. The molecule has 0 aliphatic carbocycles. The van der Waals surface area contributed by atoms with Crippen LogP contribution in [0.4, 0.5) is 0 Å². The summed E-state index contributed by atoms with van der Waals surface area (Å²) in [4.78, 5) is 9.42. The van der Waals surface area contributed by atoms with Gasteiger partial charge in [0.2, 0.25) is 0 Å². The molecule has 0 radical (unpaired) electrons. The van der Waals surface area contributed by atoms with Crippen molar-refractivity contribution in [2.24, 2.45) is 5.73 Å². The minimum absolute atomic E-state index is 0.104. The first-order chi connectivity index (χ1) is 8.72. The van der Waals surface area contributed by atoms with Crippen LogP contribution in [-0.4, -0.2) is 17.1 Å². The van der Waals surface area contributed by atoms with Crippen molar-refractivity contribution < 1.29 is 4.74 Å². The molecule has 0 aliphatic heterocycles. The zero-order valence-electron chi connectivity index (χ0n) is 10.3. The van der Waals surface area contributed by atoms with Crippen molar-refractivity contribution in [3.05, 3.63) is 42.2 Å². The van der Waals surface area contributed by atoms with Crippen LogP contribution in [0, 0.1) is 0 Å². The molecule has 0 amide bonds. The Kier molecular flexibility index (Phi) is 4.17. The van der Waals surface area contributed by atoms with Gasteiger partial charge < -0.3 is 10.5 Å². The predicted molar refractivity (Wildman–Crippen MR) is 71.8 cm³/mol. The summed E-state index contributed by atoms with van der Waals surface area (Å²) >= 11 is 1.49. The van der Waals surface area contributed by atoms with Gasteiger partial charge in [0.25, 0.3) is 0 Å². The molecule has 18 heavy (non-hydrogen) atoms. The number of nitrogens with two attached hydrogens (primary N) is 1. The fourth-order valence-corrected chi connectivity index (χ4v) is 2.64. The maximum absolute atomic E-state index is 6.01. The highest BCUT2D eigenvalue weighted by Gasteiger charge is 2.14. The number of rotatable bonds is 4. The molecule has 1 heterocycles. The maximum atomic E-state index is 6.01. The van der Waals surface area contributed by atoms with Crippen LogP contribution in [0.25, 0.3) is 0 Å². The molecule has 94 valence electrons. The van der Waals surface area contributed by atoms with Gasteiger partial charge in [0.05, 0.1) is 7.11 Å². The Bertz CT molecular complexity index is 517. The van der Waals surface area contributed by atoms with Gasteiger partial charge >= 0.3 is 0 Å². The van der Waals surface area contributed by atoms with E-state index in [-0.39, 0.29) is 6.04 Å². The Morgan fingerprint density at radius 2 is 1.94 bits per heavy atom. The van der Waals surface area contributed by atoms with E-state index in [1.165, 1.54) is 11.8 Å². The van der Waals surface area contributed by atoms with Gasteiger partial charge in [0.1, 0.15) is 5.75 Å². The molecule has 1 atom stereocenters. The summed E-state index contributed by atoms with van der Waals surface area (Å²) in [6.07, 6.45) is 3.45. The first kappa shape index (κ1) is 12.9. The lowest BCUT2D eigenvalue weighted by molar-refractivity contribution is 0.405. The maximum Gasteiger partial charge on any atom is 0.192 e. The van der Waals surface area contributed by atoms with Crippen LogP contribution in [0.3, 0.4) is 0 Å². The molecule has 0 aliphatic rings. The highest BCUT2D eigenvalue weighted by atomic mass is 32.2. The van der Waals surface area contributed by atoms with E-state index < -0.39 is 0 Å². The topological polar surface area (TPSA) is 61.0 Å². The third kappa shape index (κ3) is 2.80. The van der Waals surface area contributed by atoms with Crippen LogP contribution in [0.1, 0.15) is 18.5 Å². The average Bonchev–Trinajstić information content (AvgIpc) is 2.39. The molecule has 0 saturated heterocycles. The molecular formula is C13H15N3OS. The molecule has 0 bridgehead atoms. The quantitative estimate of drug-likeness (QED) is 0.857. The van der Waals surface area contributed by atoms with Crippen molar-refractivity contribution in [1.82, 2.24) is 9.97 Å². The van der Waals surface area contributed by atoms with Crippen LogP contribution in [-0.2, 0) is 0 Å². The standard InChI is InChI=1S/C13H15N3OS/c1-9(14)12-10(17-2)5-3-6-11(12)18-13-15-7-4-8-16-13/h3-9H,14H2,1-2H3. The summed E-state index contributed by atoms with van der Waals surface area (Å²) in [7, 11) is 1.65. The number of ether oxygens (including phenoxy) is 1. The fourth-order valence-electron chi connectivity index (χ4n) is 1.68. The lowest BCUT2D eigenvalue weighted by Crippen LogP contribution is -2.08. The predicted octanol–water partition coefficient (Wildman–Crippen LogP) is 2.66. The van der Waals surface area contributed by atoms with Crippen LogP contribution < -0.4 is 10.5 Å². The third-order valence-electron chi connectivity index (χ3n) is 2.44. The third-order valence-corrected chi connectivity index (χ3v) is 3.41. The average molecular weight is 261 g/mol. The molecular weight excluding hydrogens is 246 g/mol. The van der Waals surface area contributed by atoms with Gasteiger partial charge in [0.15, 0.2) is 5.16 Å². The molecule has 1 aromatic heterocycles. The summed E-state index contributed by atoms with van der Waals surface area (Å²) in [5.74, 6) is 0.797. The van der Waals surface area contributed by atoms with E-state index in [4.69, 9.17) is 10.5 Å². The lowest BCUT2D eigenvalue weighted by Gasteiger charge is -2.15. The van der Waals surface area contributed by atoms with Crippen molar-refractivity contribution in [2.75, 3.05) is 7.11 Å². The van der Waals surface area contributed by atoms with Crippen molar-refractivity contribution in [1.29, 1.82) is 0 Å². The summed E-state index contributed by atoms with van der Waals surface area (Å²) in [6, 6.07) is 7.54. The second-order valence-electron chi connectivity index (χ2n) is 3.79. The van der Waals surface area contributed by atoms with Gasteiger partial charge in [-0.1, -0.05) is 6.07 Å². The van der Waals surface area contributed by atoms with Gasteiger partial charge in [-0.15, -0.1) is 0 Å². The van der Waals surface area contributed by atoms with E-state index in [1.54, 1.807) is 25.6 Å². The number of nitrogens with zero attached hydrogens (tertiary/aromatic N) is 2. The monoisotopic (exact) mass is 261 g/mol. The summed E-state index contributed by atoms with van der Waals surface area (Å²) in [5, 5.41) is 0.702. The highest BCUT2D eigenvalue weighted by Crippen LogP contribution is 2.36. The van der Waals surface area contributed by atoms with Crippen LogP contribution in [0.5, 0.6) is 5.75 Å². The van der Waals surface area contributed by atoms with E-state index in [9.17, 15) is 0 Å². The normalized spacial score (nSPS) is 12.2. The van der Waals surface area contributed by atoms with Crippen LogP contribution >= 0.6 is 11.8 Å². The molecule has 0 spiro atoms. The molecule has 0 fully saturated rings. The molecule has 0 saturated carbocycles. The van der Waals surface area contributed by atoms with E-state index in [0.717, 1.165) is 16.2 Å². The van der Waals surface area contributed by atoms with E-state index in [0.29, 0.717) is 5.16 Å². The Labute approximate surface area is 111 Å². The van der Waals surface area contributed by atoms with Gasteiger partial charge in [-0.25, -0.2) is 9.97 Å². The molecule has 2 rings (SSSR count). The number of hydrogen-bond donors (Lipinski definition) is 1. The Morgan fingerprint density at radius 3 is 2.56 bits per heavy atom. The van der Waals surface area contributed by atoms with Crippen molar-refractivity contribution in [3.8, 4) is 5.75 Å². The molecule has 2 aromatic rings. The van der Waals surface area contributed by atoms with E-state index in [1.807, 2.05) is 25.1 Å². The van der Waals surface area contributed by atoms with Gasteiger partial charge in [0, 0.05) is 28.9 Å². The molecule has 1 unspecified atom stereocenters. The van der Waals surface area contributed by atoms with Crippen molar-refractivity contribution >= 4 is 11.8 Å². The highest BCUT2D eigenvalue weighted by molar-refractivity contribution is 7.99. The van der Waals surface area contributed by atoms with Crippen molar-refractivity contribution in [2.45, 2.75) is 23.0 Å². The zero-order chi connectivity index (χ0) is 13.0. The SMILES string of the molecule is COc1cccc(Sc2ncccn2)c1C(C)N. The van der Waals surface area contributed by atoms with Gasteiger partial charge in [-0.2, -0.15) is 0 Å². The Morgan fingerprint density at radius 1 is 1.22 bits per heavy atom. The molecule has 1 aromatic carbocycles. The summed E-state index contributed by atoms with van der Waals surface area (Å²) in [5.41, 5.74) is 6.99. The lowest BCUT2D eigenvalue weighted by atomic mass is 10.1. The second kappa shape index (κ2) is 5.84. The number of aromatic nitrogens is 2. The first-order valence-corrected chi connectivity index (χ1v) is 6.41. The summed E-state index contributed by atoms with van der Waals surface area (Å²) < 4.78 is 5.35. The second-order valence-corrected chi connectivity index (χ2v) is 4.80. The van der Waals surface area contributed by atoms with Crippen molar-refractivity contribution in [3.63, 3.8) is 0 Å². The van der Waals surface area contributed by atoms with Gasteiger partial charge in [-0.05, 0) is 36.9 Å². The van der Waals surface area contributed by atoms with Crippen LogP contribution in [0.2, 0.25) is 0 Å². The first-order valence-electron chi connectivity index (χ1n) is 5.59. The van der Waals surface area contributed by atoms with E-state index >= 15 is 0 Å². The molecule has 5 heteroatoms. The fraction of sp³-hybridized carbons (Fsp3) is 0.231. The minimum Gasteiger partial charge on any atom is -0.496 e. The number of benzene rings is 1. The zero-order valence-corrected chi connectivity index (χ0v) is 11.1.